The molecule has 0 spiro atoms. The minimum absolute atomic E-state index is 0.0459. The number of aliphatic hydroxyl groups excluding tert-OH is 1. The Morgan fingerprint density at radius 1 is 1.03 bits per heavy atom. The zero-order valence-corrected chi connectivity index (χ0v) is 21.7. The molecule has 7 nitrogen and oxygen atoms in total. The van der Waals surface area contributed by atoms with Crippen LogP contribution in [0.25, 0.3) is 5.76 Å². The Kier molecular flexibility index (Phi) is 6.43. The summed E-state index contributed by atoms with van der Waals surface area (Å²) in [5, 5.41) is 11.6. The number of amides is 1. The van der Waals surface area contributed by atoms with Crippen molar-refractivity contribution in [3.8, 4) is 5.75 Å². The smallest absolute Gasteiger partial charge is 0.300 e. The summed E-state index contributed by atoms with van der Waals surface area (Å²) in [6.07, 6.45) is 0. The van der Waals surface area contributed by atoms with E-state index >= 15 is 0 Å². The van der Waals surface area contributed by atoms with E-state index in [1.165, 1.54) is 12.0 Å². The van der Waals surface area contributed by atoms with Crippen molar-refractivity contribution in [2.24, 2.45) is 0 Å². The van der Waals surface area contributed by atoms with Crippen LogP contribution in [0.3, 0.4) is 0 Å². The Bertz CT molecular complexity index is 1340. The fourth-order valence-electron chi connectivity index (χ4n) is 4.38. The van der Waals surface area contributed by atoms with Crippen LogP contribution in [-0.4, -0.2) is 38.0 Å². The molecule has 1 fully saturated rings. The molecule has 3 aromatic rings. The van der Waals surface area contributed by atoms with Crippen molar-refractivity contribution in [1.29, 1.82) is 0 Å². The molecule has 188 valence electrons. The molecule has 1 N–H and O–H groups in total. The monoisotopic (exact) mass is 488 g/mol. The quantitative estimate of drug-likeness (QED) is 0.287. The second-order valence-corrected chi connectivity index (χ2v) is 10.2. The predicted octanol–water partition coefficient (Wildman–Crippen LogP) is 5.59. The van der Waals surface area contributed by atoms with Crippen molar-refractivity contribution < 1.29 is 23.8 Å². The standard InChI is InChI=1S/C29H32N2O5/c1-17-8-14-23(36-17)25-24(26(32)21-16-18(29(2,3)4)9-15-22(21)35-7)27(33)28(34)31(25)20-12-10-19(11-13-20)30(5)6/h8-16,25,32H,1-7H3/b26-24+. The van der Waals surface area contributed by atoms with Gasteiger partial charge in [-0.2, -0.15) is 0 Å². The number of benzene rings is 2. The number of anilines is 2. The highest BCUT2D eigenvalue weighted by molar-refractivity contribution is 6.51. The molecule has 1 unspecified atom stereocenters. The van der Waals surface area contributed by atoms with Gasteiger partial charge in [-0.05, 0) is 66.4 Å². The first-order chi connectivity index (χ1) is 16.9. The van der Waals surface area contributed by atoms with E-state index in [1.54, 1.807) is 43.3 Å². The first-order valence-electron chi connectivity index (χ1n) is 11.8. The summed E-state index contributed by atoms with van der Waals surface area (Å²) in [6.45, 7) is 7.96. The van der Waals surface area contributed by atoms with Crippen molar-refractivity contribution in [1.82, 2.24) is 0 Å². The van der Waals surface area contributed by atoms with E-state index in [1.807, 2.05) is 37.2 Å². The van der Waals surface area contributed by atoms with Gasteiger partial charge in [-0.3, -0.25) is 14.5 Å². The number of methoxy groups -OCH3 is 1. The molecule has 36 heavy (non-hydrogen) atoms. The Labute approximate surface area is 211 Å². The van der Waals surface area contributed by atoms with E-state index in [-0.39, 0.29) is 16.7 Å². The number of Topliss-reactive ketones (excluding diaryl/α,β-unsaturated/α-hetero) is 1. The maximum absolute atomic E-state index is 13.5. The molecule has 4 rings (SSSR count). The number of ketones is 1. The molecule has 1 aliphatic heterocycles. The van der Waals surface area contributed by atoms with Crippen LogP contribution in [0.15, 0.2) is 64.6 Å². The van der Waals surface area contributed by atoms with Crippen LogP contribution in [0.1, 0.15) is 49.5 Å². The third kappa shape index (κ3) is 4.37. The number of hydrogen-bond donors (Lipinski definition) is 1. The van der Waals surface area contributed by atoms with E-state index < -0.39 is 17.7 Å². The molecule has 1 atom stereocenters. The maximum Gasteiger partial charge on any atom is 0.300 e. The van der Waals surface area contributed by atoms with Crippen molar-refractivity contribution in [2.45, 2.75) is 39.2 Å². The van der Waals surface area contributed by atoms with Crippen LogP contribution in [0, 0.1) is 6.92 Å². The molecule has 1 aliphatic rings. The maximum atomic E-state index is 13.5. The number of rotatable bonds is 5. The number of aryl methyl sites for hydroxylation is 1. The summed E-state index contributed by atoms with van der Waals surface area (Å²) in [5.41, 5.74) is 2.51. The molecule has 2 heterocycles. The van der Waals surface area contributed by atoms with E-state index in [0.29, 0.717) is 28.5 Å². The first-order valence-corrected chi connectivity index (χ1v) is 11.8. The molecule has 1 amide bonds. The molecule has 1 saturated heterocycles. The zero-order chi connectivity index (χ0) is 26.4. The zero-order valence-electron chi connectivity index (χ0n) is 21.7. The molecule has 0 radical (unpaired) electrons. The minimum Gasteiger partial charge on any atom is -0.507 e. The van der Waals surface area contributed by atoms with Crippen molar-refractivity contribution in [2.75, 3.05) is 31.0 Å². The predicted molar refractivity (Wildman–Crippen MR) is 141 cm³/mol. The Morgan fingerprint density at radius 2 is 1.69 bits per heavy atom. The van der Waals surface area contributed by atoms with Gasteiger partial charge < -0.3 is 19.2 Å². The SMILES string of the molecule is COc1ccc(C(C)(C)C)cc1/C(O)=C1\C(=O)C(=O)N(c2ccc(N(C)C)cc2)C1c1ccc(C)o1. The van der Waals surface area contributed by atoms with Crippen LogP contribution in [0.4, 0.5) is 11.4 Å². The Balaban J connectivity index is 1.95. The molecule has 0 saturated carbocycles. The second-order valence-electron chi connectivity index (χ2n) is 10.2. The van der Waals surface area contributed by atoms with Gasteiger partial charge >= 0.3 is 0 Å². The summed E-state index contributed by atoms with van der Waals surface area (Å²) in [6, 6.07) is 15.3. The molecule has 1 aromatic heterocycles. The summed E-state index contributed by atoms with van der Waals surface area (Å²) < 4.78 is 11.4. The molecule has 0 aliphatic carbocycles. The lowest BCUT2D eigenvalue weighted by atomic mass is 9.85. The van der Waals surface area contributed by atoms with Gasteiger partial charge in [0, 0.05) is 25.5 Å². The van der Waals surface area contributed by atoms with Crippen molar-refractivity contribution >= 4 is 28.8 Å². The fourth-order valence-corrected chi connectivity index (χ4v) is 4.38. The van der Waals surface area contributed by atoms with E-state index in [0.717, 1.165) is 11.3 Å². The first kappa shape index (κ1) is 25.1. The normalized spacial score (nSPS) is 17.5. The number of nitrogens with zero attached hydrogens (tertiary/aromatic N) is 2. The molecule has 2 aromatic carbocycles. The lowest BCUT2D eigenvalue weighted by Crippen LogP contribution is -2.29. The summed E-state index contributed by atoms with van der Waals surface area (Å²) in [4.78, 5) is 30.2. The Morgan fingerprint density at radius 3 is 2.22 bits per heavy atom. The van der Waals surface area contributed by atoms with Gasteiger partial charge in [0.2, 0.25) is 0 Å². The number of ether oxygens (including phenoxy) is 1. The van der Waals surface area contributed by atoms with E-state index in [2.05, 4.69) is 20.8 Å². The second kappa shape index (κ2) is 9.22. The molecule has 0 bridgehead atoms. The third-order valence-corrected chi connectivity index (χ3v) is 6.44. The number of aliphatic hydroxyl groups is 1. The van der Waals surface area contributed by atoms with Crippen LogP contribution >= 0.6 is 0 Å². The highest BCUT2D eigenvalue weighted by Crippen LogP contribution is 2.44. The fraction of sp³-hybridized carbons (Fsp3) is 0.310. The number of hydrogen-bond acceptors (Lipinski definition) is 6. The highest BCUT2D eigenvalue weighted by Gasteiger charge is 2.48. The van der Waals surface area contributed by atoms with Gasteiger partial charge in [-0.15, -0.1) is 0 Å². The van der Waals surface area contributed by atoms with E-state index in [9.17, 15) is 14.7 Å². The van der Waals surface area contributed by atoms with Gasteiger partial charge in [-0.1, -0.05) is 26.8 Å². The minimum atomic E-state index is -0.938. The van der Waals surface area contributed by atoms with Gasteiger partial charge in [-0.25, -0.2) is 0 Å². The summed E-state index contributed by atoms with van der Waals surface area (Å²) in [5.74, 6) is -0.411. The number of carbonyl (C=O) groups is 2. The summed E-state index contributed by atoms with van der Waals surface area (Å²) >= 11 is 0. The van der Waals surface area contributed by atoms with Crippen molar-refractivity contribution in [3.05, 3.63) is 82.8 Å². The van der Waals surface area contributed by atoms with Crippen LogP contribution in [-0.2, 0) is 15.0 Å². The number of furan rings is 1. The average molecular weight is 489 g/mol. The van der Waals surface area contributed by atoms with Crippen LogP contribution in [0.5, 0.6) is 5.75 Å². The van der Waals surface area contributed by atoms with E-state index in [4.69, 9.17) is 9.15 Å². The van der Waals surface area contributed by atoms with Crippen LogP contribution in [0.2, 0.25) is 0 Å². The van der Waals surface area contributed by atoms with Gasteiger partial charge in [0.05, 0.1) is 18.2 Å². The largest absolute Gasteiger partial charge is 0.507 e. The van der Waals surface area contributed by atoms with Crippen molar-refractivity contribution in [3.63, 3.8) is 0 Å². The van der Waals surface area contributed by atoms with Crippen LogP contribution < -0.4 is 14.5 Å². The topological polar surface area (TPSA) is 83.2 Å². The Hall–Kier alpha value is -4.00. The summed E-state index contributed by atoms with van der Waals surface area (Å²) in [7, 11) is 5.35. The van der Waals surface area contributed by atoms with Gasteiger partial charge in [0.1, 0.15) is 29.1 Å². The highest BCUT2D eigenvalue weighted by atomic mass is 16.5. The molecule has 7 heteroatoms. The van der Waals surface area contributed by atoms with Gasteiger partial charge in [0.25, 0.3) is 11.7 Å². The lowest BCUT2D eigenvalue weighted by Gasteiger charge is -2.25. The third-order valence-electron chi connectivity index (χ3n) is 6.44. The van der Waals surface area contributed by atoms with Gasteiger partial charge in [0.15, 0.2) is 0 Å². The average Bonchev–Trinajstić information content (AvgIpc) is 3.38. The number of carbonyl (C=O) groups excluding carboxylic acids is 2. The lowest BCUT2D eigenvalue weighted by molar-refractivity contribution is -0.132. The molecular weight excluding hydrogens is 456 g/mol. The molecular formula is C29H32N2O5.